The molecular formula is C17H15NO6. The molecule has 2 aromatic rings. The normalized spacial score (nSPS) is 13.0. The Hall–Kier alpha value is -3.09. The number of carbonyl (C=O) groups is 1. The second kappa shape index (κ2) is 6.99. The van der Waals surface area contributed by atoms with Crippen molar-refractivity contribution in [3.63, 3.8) is 0 Å². The van der Waals surface area contributed by atoms with E-state index in [1.807, 2.05) is 0 Å². The summed E-state index contributed by atoms with van der Waals surface area (Å²) in [4.78, 5) is 22.3. The van der Waals surface area contributed by atoms with Gasteiger partial charge < -0.3 is 14.2 Å². The molecule has 0 amide bonds. The van der Waals surface area contributed by atoms with Crippen molar-refractivity contribution >= 4 is 11.5 Å². The summed E-state index contributed by atoms with van der Waals surface area (Å²) in [5, 5.41) is 10.6. The maximum absolute atomic E-state index is 12.2. The van der Waals surface area contributed by atoms with Crippen molar-refractivity contribution in [3.8, 4) is 17.2 Å². The van der Waals surface area contributed by atoms with Crippen molar-refractivity contribution in [1.29, 1.82) is 0 Å². The molecule has 0 spiro atoms. The van der Waals surface area contributed by atoms with E-state index in [0.717, 1.165) is 6.42 Å². The summed E-state index contributed by atoms with van der Waals surface area (Å²) in [6.07, 6.45) is 0.793. The molecule has 0 bridgehead atoms. The van der Waals surface area contributed by atoms with Gasteiger partial charge in [0.2, 0.25) is 0 Å². The number of rotatable bonds is 5. The summed E-state index contributed by atoms with van der Waals surface area (Å²) >= 11 is 0. The van der Waals surface area contributed by atoms with Gasteiger partial charge in [0.1, 0.15) is 5.75 Å². The fraction of sp³-hybridized carbons (Fsp3) is 0.235. The molecule has 1 aliphatic heterocycles. The van der Waals surface area contributed by atoms with Crippen molar-refractivity contribution in [2.75, 3.05) is 19.8 Å². The quantitative estimate of drug-likeness (QED) is 0.476. The lowest BCUT2D eigenvalue weighted by Crippen LogP contribution is -2.11. The monoisotopic (exact) mass is 329 g/mol. The van der Waals surface area contributed by atoms with E-state index in [-0.39, 0.29) is 18.1 Å². The molecule has 0 saturated carbocycles. The Labute approximate surface area is 137 Å². The van der Waals surface area contributed by atoms with Gasteiger partial charge in [-0.15, -0.1) is 0 Å². The minimum atomic E-state index is -0.493. The number of nitrogens with zero attached hydrogens (tertiary/aromatic N) is 1. The first-order valence-electron chi connectivity index (χ1n) is 7.43. The number of non-ortho nitro benzene ring substituents is 1. The Morgan fingerprint density at radius 1 is 1.08 bits per heavy atom. The van der Waals surface area contributed by atoms with Crippen LogP contribution in [0.15, 0.2) is 42.5 Å². The van der Waals surface area contributed by atoms with Crippen LogP contribution in [-0.2, 0) is 0 Å². The molecule has 0 aromatic heterocycles. The number of hydrogen-bond donors (Lipinski definition) is 0. The van der Waals surface area contributed by atoms with E-state index in [1.54, 1.807) is 18.2 Å². The Morgan fingerprint density at radius 3 is 2.50 bits per heavy atom. The zero-order valence-electron chi connectivity index (χ0n) is 12.8. The molecule has 2 aromatic carbocycles. The smallest absolute Gasteiger partial charge is 0.269 e. The highest BCUT2D eigenvalue weighted by Gasteiger charge is 2.15. The Morgan fingerprint density at radius 2 is 1.79 bits per heavy atom. The van der Waals surface area contributed by atoms with E-state index in [9.17, 15) is 14.9 Å². The minimum absolute atomic E-state index is 0.0309. The van der Waals surface area contributed by atoms with E-state index < -0.39 is 4.92 Å². The third-order valence-electron chi connectivity index (χ3n) is 3.49. The Bertz CT molecular complexity index is 756. The van der Waals surface area contributed by atoms with Gasteiger partial charge in [0.05, 0.1) is 18.1 Å². The molecule has 124 valence electrons. The predicted octanol–water partition coefficient (Wildman–Crippen LogP) is 3.02. The molecule has 0 fully saturated rings. The lowest BCUT2D eigenvalue weighted by atomic mass is 10.1. The van der Waals surface area contributed by atoms with Gasteiger partial charge in [0.25, 0.3) is 5.69 Å². The molecule has 1 aliphatic rings. The van der Waals surface area contributed by atoms with Gasteiger partial charge in [-0.1, -0.05) is 0 Å². The highest BCUT2D eigenvalue weighted by atomic mass is 16.6. The van der Waals surface area contributed by atoms with E-state index in [4.69, 9.17) is 14.2 Å². The Balaban J connectivity index is 1.64. The summed E-state index contributed by atoms with van der Waals surface area (Å²) in [5.41, 5.74) is 0.428. The van der Waals surface area contributed by atoms with Crippen molar-refractivity contribution in [2.24, 2.45) is 0 Å². The number of ether oxygens (including phenoxy) is 3. The molecule has 24 heavy (non-hydrogen) atoms. The molecule has 0 unspecified atom stereocenters. The number of nitro benzene ring substituents is 1. The molecule has 0 atom stereocenters. The lowest BCUT2D eigenvalue weighted by Gasteiger charge is -2.09. The molecule has 7 heteroatoms. The first-order chi connectivity index (χ1) is 11.6. The number of ketones is 1. The summed E-state index contributed by atoms with van der Waals surface area (Å²) < 4.78 is 16.5. The van der Waals surface area contributed by atoms with Crippen LogP contribution in [0.4, 0.5) is 5.69 Å². The predicted molar refractivity (Wildman–Crippen MR) is 85.0 cm³/mol. The SMILES string of the molecule is O=C(COc1ccc([N+](=O)[O-])cc1)c1ccc2c(c1)OCCCO2. The molecule has 0 saturated heterocycles. The third kappa shape index (κ3) is 3.62. The van der Waals surface area contributed by atoms with Crippen LogP contribution in [0.5, 0.6) is 17.2 Å². The van der Waals surface area contributed by atoms with Crippen LogP contribution >= 0.6 is 0 Å². The molecule has 0 N–H and O–H groups in total. The number of carbonyl (C=O) groups excluding carboxylic acids is 1. The van der Waals surface area contributed by atoms with Gasteiger partial charge >= 0.3 is 0 Å². The maximum Gasteiger partial charge on any atom is 0.269 e. The zero-order valence-corrected chi connectivity index (χ0v) is 12.8. The lowest BCUT2D eigenvalue weighted by molar-refractivity contribution is -0.384. The number of nitro groups is 1. The third-order valence-corrected chi connectivity index (χ3v) is 3.49. The van der Waals surface area contributed by atoms with Crippen LogP contribution in [-0.4, -0.2) is 30.5 Å². The van der Waals surface area contributed by atoms with Gasteiger partial charge in [-0.3, -0.25) is 14.9 Å². The second-order valence-corrected chi connectivity index (χ2v) is 5.17. The summed E-state index contributed by atoms with van der Waals surface area (Å²) in [5.74, 6) is 1.35. The molecule has 3 rings (SSSR count). The second-order valence-electron chi connectivity index (χ2n) is 5.17. The standard InChI is InChI=1S/C17H15NO6/c19-15(11-24-14-5-3-13(4-6-14)18(20)21)12-2-7-16-17(10-12)23-9-1-8-22-16/h2-7,10H,1,8-9,11H2. The number of fused-ring (bicyclic) bond motifs is 1. The van der Waals surface area contributed by atoms with Gasteiger partial charge in [-0.25, -0.2) is 0 Å². The van der Waals surface area contributed by atoms with Crippen LogP contribution in [0.3, 0.4) is 0 Å². The van der Waals surface area contributed by atoms with Crippen molar-refractivity contribution < 1.29 is 23.9 Å². The van der Waals surface area contributed by atoms with E-state index in [2.05, 4.69) is 0 Å². The average Bonchev–Trinajstić information content (AvgIpc) is 2.84. The van der Waals surface area contributed by atoms with Gasteiger partial charge in [-0.2, -0.15) is 0 Å². The molecule has 1 heterocycles. The van der Waals surface area contributed by atoms with E-state index in [0.29, 0.717) is 36.0 Å². The molecule has 0 aliphatic carbocycles. The summed E-state index contributed by atoms with van der Waals surface area (Å²) in [6.45, 7) is 0.963. The number of Topliss-reactive ketones (excluding diaryl/α,β-unsaturated/α-hetero) is 1. The van der Waals surface area contributed by atoms with Crippen molar-refractivity contribution in [1.82, 2.24) is 0 Å². The van der Waals surface area contributed by atoms with Crippen LogP contribution in [0.1, 0.15) is 16.8 Å². The van der Waals surface area contributed by atoms with Crippen molar-refractivity contribution in [2.45, 2.75) is 6.42 Å². The highest BCUT2D eigenvalue weighted by molar-refractivity contribution is 5.97. The first kappa shape index (κ1) is 15.8. The topological polar surface area (TPSA) is 87.9 Å². The average molecular weight is 329 g/mol. The van der Waals surface area contributed by atoms with Crippen LogP contribution in [0.2, 0.25) is 0 Å². The Kier molecular flexibility index (Phi) is 4.60. The molecular weight excluding hydrogens is 314 g/mol. The summed E-state index contributed by atoms with van der Waals surface area (Å²) in [6, 6.07) is 10.6. The number of hydrogen-bond acceptors (Lipinski definition) is 6. The largest absolute Gasteiger partial charge is 0.490 e. The maximum atomic E-state index is 12.2. The minimum Gasteiger partial charge on any atom is -0.490 e. The van der Waals surface area contributed by atoms with E-state index in [1.165, 1.54) is 24.3 Å². The van der Waals surface area contributed by atoms with Crippen LogP contribution in [0, 0.1) is 10.1 Å². The molecule has 0 radical (unpaired) electrons. The summed E-state index contributed by atoms with van der Waals surface area (Å²) in [7, 11) is 0. The van der Waals surface area contributed by atoms with Crippen LogP contribution in [0.25, 0.3) is 0 Å². The molecule has 7 nitrogen and oxygen atoms in total. The fourth-order valence-corrected chi connectivity index (χ4v) is 2.23. The van der Waals surface area contributed by atoms with Gasteiger partial charge in [0, 0.05) is 24.1 Å². The fourth-order valence-electron chi connectivity index (χ4n) is 2.23. The van der Waals surface area contributed by atoms with Gasteiger partial charge in [0.15, 0.2) is 23.9 Å². The number of benzene rings is 2. The van der Waals surface area contributed by atoms with Crippen molar-refractivity contribution in [3.05, 3.63) is 58.1 Å². The van der Waals surface area contributed by atoms with Gasteiger partial charge in [-0.05, 0) is 30.3 Å². The first-order valence-corrected chi connectivity index (χ1v) is 7.43. The zero-order chi connectivity index (χ0) is 16.9. The van der Waals surface area contributed by atoms with Crippen LogP contribution < -0.4 is 14.2 Å². The highest BCUT2D eigenvalue weighted by Crippen LogP contribution is 2.30. The van der Waals surface area contributed by atoms with E-state index >= 15 is 0 Å².